The van der Waals surface area contributed by atoms with Gasteiger partial charge in [0.05, 0.1) is 12.0 Å². The maximum absolute atomic E-state index is 9.73. The molecule has 1 aliphatic rings. The number of rotatable bonds is 3. The van der Waals surface area contributed by atoms with Gasteiger partial charge in [-0.3, -0.25) is 0 Å². The molecule has 5 nitrogen and oxygen atoms in total. The van der Waals surface area contributed by atoms with Crippen molar-refractivity contribution in [1.29, 1.82) is 0 Å². The van der Waals surface area contributed by atoms with Crippen molar-refractivity contribution < 1.29 is 18.9 Å². The summed E-state index contributed by atoms with van der Waals surface area (Å²) in [7, 11) is -0.862. The molecule has 0 aliphatic carbocycles. The van der Waals surface area contributed by atoms with Gasteiger partial charge in [-0.2, -0.15) is 0 Å². The molecule has 0 amide bonds. The second kappa shape index (κ2) is 4.76. The fraction of sp³-hybridized carbons (Fsp3) is 0.167. The minimum Gasteiger partial charge on any atom is -0.433 e. The van der Waals surface area contributed by atoms with E-state index < -0.39 is 7.12 Å². The highest BCUT2D eigenvalue weighted by molar-refractivity contribution is 6.61. The molecule has 6 heteroatoms. The van der Waals surface area contributed by atoms with E-state index in [2.05, 4.69) is 5.48 Å². The first-order valence-electron chi connectivity index (χ1n) is 5.72. The molecule has 0 atom stereocenters. The molecule has 0 fully saturated rings. The van der Waals surface area contributed by atoms with Gasteiger partial charge in [-0.05, 0) is 35.6 Å². The number of nitrogens with one attached hydrogen (secondary N) is 1. The molecule has 92 valence electrons. The van der Waals surface area contributed by atoms with Gasteiger partial charge in [-0.25, -0.2) is 5.48 Å². The highest BCUT2D eigenvalue weighted by Crippen LogP contribution is 2.15. The Hall–Kier alpha value is -1.92. The molecule has 0 saturated heterocycles. The van der Waals surface area contributed by atoms with Crippen LogP contribution in [0.5, 0.6) is 5.95 Å². The molecule has 1 aromatic carbocycles. The Bertz CT molecular complexity index is 529. The van der Waals surface area contributed by atoms with Crippen LogP contribution in [0.4, 0.5) is 5.69 Å². The summed E-state index contributed by atoms with van der Waals surface area (Å²) in [6, 6.07) is 9.08. The molecule has 18 heavy (non-hydrogen) atoms. The fourth-order valence-electron chi connectivity index (χ4n) is 1.92. The SMILES string of the molecule is OB1OCCc2ccc(NOc3ccco3)cc21. The van der Waals surface area contributed by atoms with E-state index in [1.54, 1.807) is 12.1 Å². The molecule has 2 aromatic rings. The summed E-state index contributed by atoms with van der Waals surface area (Å²) in [5.41, 5.74) is 5.36. The van der Waals surface area contributed by atoms with Crippen molar-refractivity contribution in [3.63, 3.8) is 0 Å². The predicted octanol–water partition coefficient (Wildman–Crippen LogP) is 0.946. The van der Waals surface area contributed by atoms with Crippen LogP contribution in [-0.4, -0.2) is 18.7 Å². The summed E-state index contributed by atoms with van der Waals surface area (Å²) >= 11 is 0. The van der Waals surface area contributed by atoms with Gasteiger partial charge in [0.1, 0.15) is 0 Å². The molecule has 1 aromatic heterocycles. The Balaban J connectivity index is 1.75. The maximum Gasteiger partial charge on any atom is 0.491 e. The van der Waals surface area contributed by atoms with Crippen molar-refractivity contribution in [2.24, 2.45) is 0 Å². The zero-order valence-electron chi connectivity index (χ0n) is 9.63. The number of hydrogen-bond acceptors (Lipinski definition) is 5. The lowest BCUT2D eigenvalue weighted by atomic mass is 9.73. The van der Waals surface area contributed by atoms with Crippen molar-refractivity contribution >= 4 is 18.3 Å². The van der Waals surface area contributed by atoms with Crippen LogP contribution in [-0.2, 0) is 11.1 Å². The molecule has 2 heterocycles. The van der Waals surface area contributed by atoms with E-state index in [4.69, 9.17) is 13.9 Å². The largest absolute Gasteiger partial charge is 0.491 e. The lowest BCUT2D eigenvalue weighted by molar-refractivity contribution is 0.266. The van der Waals surface area contributed by atoms with Gasteiger partial charge in [0.25, 0.3) is 0 Å². The van der Waals surface area contributed by atoms with E-state index >= 15 is 0 Å². The number of benzene rings is 1. The minimum atomic E-state index is -0.862. The first kappa shape index (κ1) is 11.2. The number of furan rings is 1. The van der Waals surface area contributed by atoms with Crippen LogP contribution >= 0.6 is 0 Å². The molecule has 0 unspecified atom stereocenters. The summed E-state index contributed by atoms with van der Waals surface area (Å²) in [6.45, 7) is 0.545. The quantitative estimate of drug-likeness (QED) is 0.622. The minimum absolute atomic E-state index is 0.379. The normalized spacial score (nSPS) is 14.2. The van der Waals surface area contributed by atoms with Gasteiger partial charge < -0.3 is 18.9 Å². The van der Waals surface area contributed by atoms with Gasteiger partial charge in [0, 0.05) is 12.7 Å². The molecule has 0 spiro atoms. The number of fused-ring (bicyclic) bond motifs is 1. The Morgan fingerprint density at radius 3 is 3.11 bits per heavy atom. The Morgan fingerprint density at radius 1 is 1.33 bits per heavy atom. The summed E-state index contributed by atoms with van der Waals surface area (Å²) in [4.78, 5) is 5.22. The summed E-state index contributed by atoms with van der Waals surface area (Å²) in [5.74, 6) is 0.379. The van der Waals surface area contributed by atoms with Crippen LogP contribution in [0.2, 0.25) is 0 Å². The lowest BCUT2D eigenvalue weighted by Gasteiger charge is -2.19. The highest BCUT2D eigenvalue weighted by Gasteiger charge is 2.24. The highest BCUT2D eigenvalue weighted by atomic mass is 16.7. The van der Waals surface area contributed by atoms with Crippen molar-refractivity contribution in [2.75, 3.05) is 12.1 Å². The molecular weight excluding hydrogens is 233 g/mol. The van der Waals surface area contributed by atoms with E-state index in [0.717, 1.165) is 23.1 Å². The Labute approximate surface area is 104 Å². The average molecular weight is 245 g/mol. The fourth-order valence-corrected chi connectivity index (χ4v) is 1.92. The molecule has 0 radical (unpaired) electrons. The first-order chi connectivity index (χ1) is 8.83. The number of hydrogen-bond donors (Lipinski definition) is 2. The zero-order chi connectivity index (χ0) is 12.4. The third-order valence-electron chi connectivity index (χ3n) is 2.82. The van der Waals surface area contributed by atoms with Crippen LogP contribution < -0.4 is 15.8 Å². The van der Waals surface area contributed by atoms with E-state index in [9.17, 15) is 5.02 Å². The molecule has 0 bridgehead atoms. The van der Waals surface area contributed by atoms with Gasteiger partial charge in [-0.15, -0.1) is 0 Å². The standard InChI is InChI=1S/C12H12BNO4/c15-13-11-8-10(4-3-9(11)5-7-17-13)14-18-12-2-1-6-16-12/h1-4,6,8,14-15H,5,7H2. The predicted molar refractivity (Wildman–Crippen MR) is 66.7 cm³/mol. The average Bonchev–Trinajstić information content (AvgIpc) is 2.90. The van der Waals surface area contributed by atoms with Crippen molar-refractivity contribution in [1.82, 2.24) is 0 Å². The molecule has 0 saturated carbocycles. The van der Waals surface area contributed by atoms with Crippen LogP contribution in [0.1, 0.15) is 5.56 Å². The summed E-state index contributed by atoms with van der Waals surface area (Å²) < 4.78 is 10.2. The van der Waals surface area contributed by atoms with Crippen molar-refractivity contribution in [3.8, 4) is 5.95 Å². The van der Waals surface area contributed by atoms with Crippen molar-refractivity contribution in [2.45, 2.75) is 6.42 Å². The van der Waals surface area contributed by atoms with Gasteiger partial charge >= 0.3 is 13.1 Å². The first-order valence-corrected chi connectivity index (χ1v) is 5.72. The van der Waals surface area contributed by atoms with E-state index in [0.29, 0.717) is 12.6 Å². The number of anilines is 1. The smallest absolute Gasteiger partial charge is 0.433 e. The molecule has 3 rings (SSSR count). The third kappa shape index (κ3) is 2.20. The molecule has 1 aliphatic heterocycles. The Morgan fingerprint density at radius 2 is 2.28 bits per heavy atom. The maximum atomic E-state index is 9.73. The van der Waals surface area contributed by atoms with Crippen LogP contribution in [0, 0.1) is 0 Å². The van der Waals surface area contributed by atoms with E-state index in [1.807, 2.05) is 18.2 Å². The van der Waals surface area contributed by atoms with Crippen LogP contribution in [0.3, 0.4) is 0 Å². The van der Waals surface area contributed by atoms with E-state index in [1.165, 1.54) is 6.26 Å². The lowest BCUT2D eigenvalue weighted by Crippen LogP contribution is -2.41. The molecular formula is C12H12BNO4. The second-order valence-electron chi connectivity index (χ2n) is 4.02. The zero-order valence-corrected chi connectivity index (χ0v) is 9.63. The topological polar surface area (TPSA) is 63.9 Å². The third-order valence-corrected chi connectivity index (χ3v) is 2.82. The van der Waals surface area contributed by atoms with Crippen LogP contribution in [0.15, 0.2) is 41.0 Å². The van der Waals surface area contributed by atoms with E-state index in [-0.39, 0.29) is 0 Å². The molecule has 2 N–H and O–H groups in total. The summed E-state index contributed by atoms with van der Waals surface area (Å²) in [5, 5.41) is 9.73. The Kier molecular flexibility index (Phi) is 2.96. The van der Waals surface area contributed by atoms with Crippen molar-refractivity contribution in [3.05, 3.63) is 42.2 Å². The summed E-state index contributed by atoms with van der Waals surface area (Å²) in [6.07, 6.45) is 2.34. The van der Waals surface area contributed by atoms with Crippen LogP contribution in [0.25, 0.3) is 0 Å². The van der Waals surface area contributed by atoms with Gasteiger partial charge in [0.15, 0.2) is 0 Å². The second-order valence-corrected chi connectivity index (χ2v) is 4.02. The van der Waals surface area contributed by atoms with Gasteiger partial charge in [0.2, 0.25) is 0 Å². The monoisotopic (exact) mass is 245 g/mol. The van der Waals surface area contributed by atoms with Gasteiger partial charge in [-0.1, -0.05) is 6.07 Å².